The molecular weight excluding hydrogens is 272 g/mol. The molecule has 0 atom stereocenters. The predicted octanol–water partition coefficient (Wildman–Crippen LogP) is -0.0557. The van der Waals surface area contributed by atoms with Crippen LogP contribution in [0, 0.1) is 0 Å². The molecule has 0 radical (unpaired) electrons. The Hall–Kier alpha value is -1.96. The van der Waals surface area contributed by atoms with Crippen molar-refractivity contribution in [3.8, 4) is 0 Å². The van der Waals surface area contributed by atoms with Crippen molar-refractivity contribution in [1.82, 2.24) is 10.3 Å². The summed E-state index contributed by atoms with van der Waals surface area (Å²) in [5.74, 6) is -1.90. The summed E-state index contributed by atoms with van der Waals surface area (Å²) in [5.41, 5.74) is -0.116. The largest absolute Gasteiger partial charge is 0.477 e. The molecule has 0 saturated carbocycles. The molecule has 0 unspecified atom stereocenters. The third-order valence-electron chi connectivity index (χ3n) is 2.38. The summed E-state index contributed by atoms with van der Waals surface area (Å²) < 4.78 is 22.4. The van der Waals surface area contributed by atoms with Crippen molar-refractivity contribution in [2.75, 3.05) is 18.1 Å². The summed E-state index contributed by atoms with van der Waals surface area (Å²) in [7, 11) is -3.14. The third-order valence-corrected chi connectivity index (χ3v) is 4.09. The van der Waals surface area contributed by atoms with Crippen LogP contribution in [0.4, 0.5) is 0 Å². The first-order chi connectivity index (χ1) is 8.85. The van der Waals surface area contributed by atoms with Crippen molar-refractivity contribution in [1.29, 1.82) is 0 Å². The van der Waals surface area contributed by atoms with E-state index in [1.807, 2.05) is 0 Å². The lowest BCUT2D eigenvalue weighted by molar-refractivity contribution is 0.0690. The summed E-state index contributed by atoms with van der Waals surface area (Å²) in [6.07, 6.45) is 1.21. The molecule has 0 saturated heterocycles. The van der Waals surface area contributed by atoms with E-state index < -0.39 is 21.7 Å². The molecule has 2 N–H and O–H groups in total. The van der Waals surface area contributed by atoms with Crippen LogP contribution in [0.25, 0.3) is 0 Å². The molecule has 8 heteroatoms. The second-order valence-electron chi connectivity index (χ2n) is 3.73. The van der Waals surface area contributed by atoms with Gasteiger partial charge in [0.1, 0.15) is 5.69 Å². The number of aromatic nitrogens is 1. The first-order valence-electron chi connectivity index (χ1n) is 5.53. The van der Waals surface area contributed by atoms with E-state index in [-0.39, 0.29) is 29.3 Å². The van der Waals surface area contributed by atoms with Gasteiger partial charge in [-0.1, -0.05) is 6.92 Å². The number of carboxylic acid groups (broad SMARTS) is 1. The molecule has 0 aromatic carbocycles. The van der Waals surface area contributed by atoms with Gasteiger partial charge in [0, 0.05) is 24.1 Å². The van der Waals surface area contributed by atoms with Gasteiger partial charge in [-0.25, -0.2) is 18.2 Å². The van der Waals surface area contributed by atoms with Crippen LogP contribution in [0.1, 0.15) is 27.8 Å². The first kappa shape index (κ1) is 15.1. The Morgan fingerprint density at radius 1 is 1.42 bits per heavy atom. The van der Waals surface area contributed by atoms with E-state index >= 15 is 0 Å². The summed E-state index contributed by atoms with van der Waals surface area (Å²) >= 11 is 0. The second kappa shape index (κ2) is 6.28. The minimum Gasteiger partial charge on any atom is -0.477 e. The van der Waals surface area contributed by atoms with E-state index in [1.165, 1.54) is 19.2 Å². The predicted molar refractivity (Wildman–Crippen MR) is 67.9 cm³/mol. The van der Waals surface area contributed by atoms with Gasteiger partial charge in [-0.05, 0) is 12.1 Å². The minimum absolute atomic E-state index is 0.0142. The summed E-state index contributed by atoms with van der Waals surface area (Å²) in [6, 6.07) is 2.49. The molecule has 0 bridgehead atoms. The monoisotopic (exact) mass is 286 g/mol. The van der Waals surface area contributed by atoms with E-state index in [9.17, 15) is 18.0 Å². The molecule has 19 heavy (non-hydrogen) atoms. The Morgan fingerprint density at radius 2 is 2.11 bits per heavy atom. The molecule has 0 fully saturated rings. The SMILES string of the molecule is CCS(=O)(=O)CCNC(=O)c1ccnc(C(=O)O)c1. The van der Waals surface area contributed by atoms with Gasteiger partial charge in [0.05, 0.1) is 5.75 Å². The lowest BCUT2D eigenvalue weighted by Crippen LogP contribution is -2.29. The molecule has 0 spiro atoms. The van der Waals surface area contributed by atoms with Crippen LogP contribution in [0.3, 0.4) is 0 Å². The number of aromatic carboxylic acids is 1. The average Bonchev–Trinajstić information content (AvgIpc) is 2.38. The number of hydrogen-bond donors (Lipinski definition) is 2. The van der Waals surface area contributed by atoms with E-state index in [0.29, 0.717) is 0 Å². The topological polar surface area (TPSA) is 113 Å². The number of carbonyl (C=O) groups excluding carboxylic acids is 1. The molecule has 1 aromatic heterocycles. The number of amides is 1. The zero-order valence-electron chi connectivity index (χ0n) is 10.3. The number of carbonyl (C=O) groups is 2. The van der Waals surface area contributed by atoms with Crippen molar-refractivity contribution in [2.24, 2.45) is 0 Å². The Labute approximate surface area is 110 Å². The van der Waals surface area contributed by atoms with Crippen LogP contribution in [-0.4, -0.2) is 48.4 Å². The van der Waals surface area contributed by atoms with Crippen LogP contribution in [-0.2, 0) is 9.84 Å². The van der Waals surface area contributed by atoms with E-state index in [4.69, 9.17) is 5.11 Å². The number of pyridine rings is 1. The summed E-state index contributed by atoms with van der Waals surface area (Å²) in [6.45, 7) is 1.51. The third kappa shape index (κ3) is 4.66. The van der Waals surface area contributed by atoms with Crippen LogP contribution in [0.15, 0.2) is 18.3 Å². The molecule has 1 aromatic rings. The normalized spacial score (nSPS) is 11.0. The molecule has 1 heterocycles. The number of hydrogen-bond acceptors (Lipinski definition) is 5. The van der Waals surface area contributed by atoms with Gasteiger partial charge in [-0.15, -0.1) is 0 Å². The van der Waals surface area contributed by atoms with Crippen LogP contribution in [0.2, 0.25) is 0 Å². The maximum atomic E-state index is 11.7. The average molecular weight is 286 g/mol. The molecule has 0 aliphatic carbocycles. The molecule has 1 amide bonds. The molecule has 7 nitrogen and oxygen atoms in total. The highest BCUT2D eigenvalue weighted by molar-refractivity contribution is 7.91. The highest BCUT2D eigenvalue weighted by Gasteiger charge is 2.12. The first-order valence-corrected chi connectivity index (χ1v) is 7.36. The smallest absolute Gasteiger partial charge is 0.354 e. The number of sulfone groups is 1. The fourth-order valence-corrected chi connectivity index (χ4v) is 1.96. The van der Waals surface area contributed by atoms with Crippen LogP contribution >= 0.6 is 0 Å². The summed E-state index contributed by atoms with van der Waals surface area (Å²) in [5, 5.41) is 11.1. The standard InChI is InChI=1S/C11H14N2O5S/c1-2-19(17,18)6-5-13-10(14)8-3-4-12-9(7-8)11(15)16/h3-4,7H,2,5-6H2,1H3,(H,13,14)(H,15,16). The lowest BCUT2D eigenvalue weighted by atomic mass is 10.2. The van der Waals surface area contributed by atoms with Crippen molar-refractivity contribution in [2.45, 2.75) is 6.92 Å². The maximum absolute atomic E-state index is 11.7. The van der Waals surface area contributed by atoms with Crippen molar-refractivity contribution in [3.63, 3.8) is 0 Å². The number of carboxylic acids is 1. The molecule has 0 aliphatic rings. The molecule has 1 rings (SSSR count). The van der Waals surface area contributed by atoms with Gasteiger partial charge >= 0.3 is 5.97 Å². The quantitative estimate of drug-likeness (QED) is 0.757. The maximum Gasteiger partial charge on any atom is 0.354 e. The zero-order chi connectivity index (χ0) is 14.5. The zero-order valence-corrected chi connectivity index (χ0v) is 11.1. The van der Waals surface area contributed by atoms with Crippen molar-refractivity contribution in [3.05, 3.63) is 29.6 Å². The fraction of sp³-hybridized carbons (Fsp3) is 0.364. The Bertz CT molecular complexity index is 583. The number of nitrogens with zero attached hydrogens (tertiary/aromatic N) is 1. The molecule has 0 aliphatic heterocycles. The Balaban J connectivity index is 2.64. The van der Waals surface area contributed by atoms with Gasteiger partial charge in [0.15, 0.2) is 9.84 Å². The van der Waals surface area contributed by atoms with Gasteiger partial charge in [0.25, 0.3) is 5.91 Å². The van der Waals surface area contributed by atoms with E-state index in [1.54, 1.807) is 0 Å². The van der Waals surface area contributed by atoms with Gasteiger partial charge in [-0.3, -0.25) is 4.79 Å². The Kier molecular flexibility index (Phi) is 4.99. The van der Waals surface area contributed by atoms with Gasteiger partial charge < -0.3 is 10.4 Å². The molecule has 104 valence electrons. The number of nitrogens with one attached hydrogen (secondary N) is 1. The van der Waals surface area contributed by atoms with E-state index in [0.717, 1.165) is 6.07 Å². The fourth-order valence-electron chi connectivity index (χ4n) is 1.26. The number of rotatable bonds is 6. The van der Waals surface area contributed by atoms with Crippen LogP contribution < -0.4 is 5.32 Å². The molecular formula is C11H14N2O5S. The van der Waals surface area contributed by atoms with Gasteiger partial charge in [0.2, 0.25) is 0 Å². The lowest BCUT2D eigenvalue weighted by Gasteiger charge is -2.05. The Morgan fingerprint density at radius 3 is 2.68 bits per heavy atom. The summed E-state index contributed by atoms with van der Waals surface area (Å²) in [4.78, 5) is 25.9. The van der Waals surface area contributed by atoms with Crippen molar-refractivity contribution < 1.29 is 23.1 Å². The van der Waals surface area contributed by atoms with Gasteiger partial charge in [-0.2, -0.15) is 0 Å². The second-order valence-corrected chi connectivity index (χ2v) is 6.20. The highest BCUT2D eigenvalue weighted by Crippen LogP contribution is 2.02. The van der Waals surface area contributed by atoms with E-state index in [2.05, 4.69) is 10.3 Å². The van der Waals surface area contributed by atoms with Crippen molar-refractivity contribution >= 4 is 21.7 Å². The minimum atomic E-state index is -3.14. The van der Waals surface area contributed by atoms with Crippen LogP contribution in [0.5, 0.6) is 0 Å². The highest BCUT2D eigenvalue weighted by atomic mass is 32.2.